The van der Waals surface area contributed by atoms with E-state index in [0.717, 1.165) is 41.5 Å². The number of nitrogens with zero attached hydrogens (tertiary/aromatic N) is 4. The normalized spacial score (nSPS) is 15.4. The maximum Gasteiger partial charge on any atom is 0.255 e. The predicted molar refractivity (Wildman–Crippen MR) is 129 cm³/mol. The van der Waals surface area contributed by atoms with E-state index in [4.69, 9.17) is 0 Å². The van der Waals surface area contributed by atoms with Crippen molar-refractivity contribution in [3.8, 4) is 0 Å². The Balaban J connectivity index is 1.63. The molecule has 3 aromatic rings. The van der Waals surface area contributed by atoms with Crippen LogP contribution in [0.25, 0.3) is 11.0 Å². The number of piperidine rings is 1. The van der Waals surface area contributed by atoms with Crippen molar-refractivity contribution in [2.45, 2.75) is 58.7 Å². The first-order chi connectivity index (χ1) is 16.0. The number of nitrogens with one attached hydrogen (secondary N) is 2. The highest BCUT2D eigenvalue weighted by Gasteiger charge is 2.25. The molecule has 0 spiro atoms. The number of benzene rings is 1. The summed E-state index contributed by atoms with van der Waals surface area (Å²) in [6, 6.07) is 10.1. The van der Waals surface area contributed by atoms with Crippen molar-refractivity contribution >= 4 is 28.5 Å². The van der Waals surface area contributed by atoms with Gasteiger partial charge in [-0.3, -0.25) is 9.59 Å². The van der Waals surface area contributed by atoms with Gasteiger partial charge in [0.2, 0.25) is 5.91 Å². The molecule has 8 nitrogen and oxygen atoms in total. The Bertz CT molecular complexity index is 1120. The van der Waals surface area contributed by atoms with E-state index in [1.165, 1.54) is 0 Å². The van der Waals surface area contributed by atoms with Gasteiger partial charge in [-0.1, -0.05) is 37.3 Å². The van der Waals surface area contributed by atoms with Crippen LogP contribution in [-0.4, -0.2) is 50.6 Å². The molecule has 1 aliphatic rings. The number of pyridine rings is 1. The molecule has 1 atom stereocenters. The van der Waals surface area contributed by atoms with Gasteiger partial charge in [-0.15, -0.1) is 0 Å². The number of hydrogen-bond donors (Lipinski definition) is 2. The molecule has 2 N–H and O–H groups in total. The Labute approximate surface area is 194 Å². The van der Waals surface area contributed by atoms with Crippen molar-refractivity contribution in [2.24, 2.45) is 0 Å². The minimum Gasteiger partial charge on any atom is -0.381 e. The van der Waals surface area contributed by atoms with Crippen molar-refractivity contribution in [3.05, 3.63) is 53.9 Å². The molecule has 3 heterocycles. The van der Waals surface area contributed by atoms with E-state index in [2.05, 4.69) is 27.6 Å². The summed E-state index contributed by atoms with van der Waals surface area (Å²) in [4.78, 5) is 31.6. The number of carbonyl (C=O) groups is 2. The number of aromatic nitrogens is 3. The van der Waals surface area contributed by atoms with Gasteiger partial charge in [-0.05, 0) is 31.7 Å². The third kappa shape index (κ3) is 4.84. The number of fused-ring (bicyclic) bond motifs is 1. The number of hydrogen-bond acceptors (Lipinski definition) is 5. The maximum atomic E-state index is 13.4. The number of rotatable bonds is 7. The predicted octanol–water partition coefficient (Wildman–Crippen LogP) is 3.76. The summed E-state index contributed by atoms with van der Waals surface area (Å²) >= 11 is 0. The summed E-state index contributed by atoms with van der Waals surface area (Å²) in [5.41, 5.74) is 3.11. The molecule has 0 radical (unpaired) electrons. The molecule has 33 heavy (non-hydrogen) atoms. The van der Waals surface area contributed by atoms with Gasteiger partial charge in [-0.25, -0.2) is 9.67 Å². The second-order valence-electron chi connectivity index (χ2n) is 8.51. The molecular weight excluding hydrogens is 416 g/mol. The maximum absolute atomic E-state index is 13.4. The molecule has 2 amide bonds. The van der Waals surface area contributed by atoms with Crippen molar-refractivity contribution in [1.82, 2.24) is 25.0 Å². The SMILES string of the molecule is CC[C@H](NC(=O)c1cnc2c(cnn2CC)c1NC1CCN(C(C)=O)CC1)c1ccccc1. The van der Waals surface area contributed by atoms with Crippen molar-refractivity contribution in [2.75, 3.05) is 18.4 Å². The second kappa shape index (κ2) is 10.0. The number of anilines is 1. The quantitative estimate of drug-likeness (QED) is 0.574. The summed E-state index contributed by atoms with van der Waals surface area (Å²) in [5.74, 6) is -0.0522. The Morgan fingerprint density at radius 3 is 2.48 bits per heavy atom. The van der Waals surface area contributed by atoms with Crippen LogP contribution in [0.3, 0.4) is 0 Å². The molecule has 1 fully saturated rings. The van der Waals surface area contributed by atoms with Crippen molar-refractivity contribution in [1.29, 1.82) is 0 Å². The van der Waals surface area contributed by atoms with Crippen LogP contribution < -0.4 is 10.6 Å². The minimum atomic E-state index is -0.159. The summed E-state index contributed by atoms with van der Waals surface area (Å²) < 4.78 is 1.83. The summed E-state index contributed by atoms with van der Waals surface area (Å²) in [7, 11) is 0. The van der Waals surface area contributed by atoms with Crippen LogP contribution in [0.1, 0.15) is 62.0 Å². The van der Waals surface area contributed by atoms with Gasteiger partial charge in [-0.2, -0.15) is 5.10 Å². The monoisotopic (exact) mass is 448 g/mol. The topological polar surface area (TPSA) is 92.2 Å². The molecule has 0 unspecified atom stereocenters. The first-order valence-corrected chi connectivity index (χ1v) is 11.7. The molecule has 1 aliphatic heterocycles. The van der Waals surface area contributed by atoms with Crippen LogP contribution in [0.5, 0.6) is 0 Å². The van der Waals surface area contributed by atoms with Crippen LogP contribution >= 0.6 is 0 Å². The summed E-state index contributed by atoms with van der Waals surface area (Å²) in [6.45, 7) is 7.81. The fraction of sp³-hybridized carbons (Fsp3) is 0.440. The number of aryl methyl sites for hydroxylation is 1. The van der Waals surface area contributed by atoms with Gasteiger partial charge in [0, 0.05) is 38.8 Å². The molecule has 2 aromatic heterocycles. The van der Waals surface area contributed by atoms with Gasteiger partial charge in [0.05, 0.1) is 28.9 Å². The molecular formula is C25H32N6O2. The molecule has 174 valence electrons. The standard InChI is InChI=1S/C25H32N6O2/c1-4-22(18-9-7-6-8-10-18)29-25(33)21-15-26-24-20(16-27-31(24)5-2)23(21)28-19-11-13-30(14-12-19)17(3)32/h6-10,15-16,19,22H,4-5,11-14H2,1-3H3,(H,26,28)(H,29,33)/t22-/m0/s1. The van der Waals surface area contributed by atoms with E-state index in [0.29, 0.717) is 25.2 Å². The van der Waals surface area contributed by atoms with E-state index < -0.39 is 0 Å². The Morgan fingerprint density at radius 1 is 1.12 bits per heavy atom. The van der Waals surface area contributed by atoms with E-state index in [-0.39, 0.29) is 23.9 Å². The molecule has 4 rings (SSSR count). The average Bonchev–Trinajstić information content (AvgIpc) is 3.27. The zero-order valence-electron chi connectivity index (χ0n) is 19.5. The fourth-order valence-corrected chi connectivity index (χ4v) is 4.47. The van der Waals surface area contributed by atoms with Crippen LogP contribution in [0, 0.1) is 0 Å². The van der Waals surface area contributed by atoms with E-state index in [1.54, 1.807) is 19.3 Å². The van der Waals surface area contributed by atoms with Crippen LogP contribution in [0.4, 0.5) is 5.69 Å². The number of amides is 2. The smallest absolute Gasteiger partial charge is 0.255 e. The molecule has 8 heteroatoms. The zero-order valence-corrected chi connectivity index (χ0v) is 19.5. The third-order valence-corrected chi connectivity index (χ3v) is 6.41. The van der Waals surface area contributed by atoms with Gasteiger partial charge in [0.25, 0.3) is 5.91 Å². The highest BCUT2D eigenvalue weighted by molar-refractivity contribution is 6.06. The molecule has 0 saturated carbocycles. The lowest BCUT2D eigenvalue weighted by atomic mass is 10.0. The summed E-state index contributed by atoms with van der Waals surface area (Å²) in [5, 5.41) is 12.1. The van der Waals surface area contributed by atoms with E-state index >= 15 is 0 Å². The minimum absolute atomic E-state index is 0.0839. The highest BCUT2D eigenvalue weighted by Crippen LogP contribution is 2.29. The third-order valence-electron chi connectivity index (χ3n) is 6.41. The second-order valence-corrected chi connectivity index (χ2v) is 8.51. The van der Waals surface area contributed by atoms with Gasteiger partial charge in [0.1, 0.15) is 0 Å². The molecule has 1 aromatic carbocycles. The molecule has 0 bridgehead atoms. The number of likely N-dealkylation sites (tertiary alicyclic amines) is 1. The first kappa shape index (κ1) is 22.8. The Morgan fingerprint density at radius 2 is 1.85 bits per heavy atom. The highest BCUT2D eigenvalue weighted by atomic mass is 16.2. The van der Waals surface area contributed by atoms with Crippen LogP contribution in [0.15, 0.2) is 42.7 Å². The Hall–Kier alpha value is -3.42. The van der Waals surface area contributed by atoms with Crippen LogP contribution in [-0.2, 0) is 11.3 Å². The van der Waals surface area contributed by atoms with Gasteiger partial charge >= 0.3 is 0 Å². The summed E-state index contributed by atoms with van der Waals surface area (Å²) in [6.07, 6.45) is 5.87. The first-order valence-electron chi connectivity index (χ1n) is 11.7. The van der Waals surface area contributed by atoms with Gasteiger partial charge in [0.15, 0.2) is 5.65 Å². The van der Waals surface area contributed by atoms with Crippen LogP contribution in [0.2, 0.25) is 0 Å². The Kier molecular flexibility index (Phi) is 6.91. The van der Waals surface area contributed by atoms with E-state index in [1.807, 2.05) is 46.8 Å². The van der Waals surface area contributed by atoms with E-state index in [9.17, 15) is 9.59 Å². The zero-order chi connectivity index (χ0) is 23.4. The average molecular weight is 449 g/mol. The largest absolute Gasteiger partial charge is 0.381 e. The number of carbonyl (C=O) groups excluding carboxylic acids is 2. The van der Waals surface area contributed by atoms with Gasteiger partial charge < -0.3 is 15.5 Å². The molecule has 1 saturated heterocycles. The fourth-order valence-electron chi connectivity index (χ4n) is 4.47. The lowest BCUT2D eigenvalue weighted by Crippen LogP contribution is -2.41. The van der Waals surface area contributed by atoms with Crippen molar-refractivity contribution in [3.63, 3.8) is 0 Å². The lowest BCUT2D eigenvalue weighted by Gasteiger charge is -2.32. The van der Waals surface area contributed by atoms with Crippen molar-refractivity contribution < 1.29 is 9.59 Å². The lowest BCUT2D eigenvalue weighted by molar-refractivity contribution is -0.129. The molecule has 0 aliphatic carbocycles.